The molecule has 0 bridgehead atoms. The molecule has 0 aliphatic heterocycles. The third kappa shape index (κ3) is 3.62. The molecule has 3 nitrogen and oxygen atoms in total. The fourth-order valence-electron chi connectivity index (χ4n) is 2.47. The van der Waals surface area contributed by atoms with E-state index in [1.54, 1.807) is 0 Å². The first-order valence-corrected chi connectivity index (χ1v) is 7.50. The van der Waals surface area contributed by atoms with Crippen LogP contribution in [0.2, 0.25) is 5.02 Å². The molecule has 106 valence electrons. The van der Waals surface area contributed by atoms with Crippen molar-refractivity contribution in [3.63, 3.8) is 0 Å². The number of aliphatic hydroxyl groups is 1. The molecule has 0 spiro atoms. The molecule has 1 aromatic rings. The van der Waals surface area contributed by atoms with E-state index in [1.807, 2.05) is 6.07 Å². The maximum Gasteiger partial charge on any atom is 0.0642 e. The minimum Gasteiger partial charge on any atom is -0.395 e. The van der Waals surface area contributed by atoms with Crippen LogP contribution in [0.1, 0.15) is 31.7 Å². The zero-order valence-electron chi connectivity index (χ0n) is 11.5. The highest BCUT2D eigenvalue weighted by atomic mass is 35.5. The second-order valence-electron chi connectivity index (χ2n) is 5.07. The van der Waals surface area contributed by atoms with Crippen molar-refractivity contribution in [2.45, 2.75) is 38.8 Å². The van der Waals surface area contributed by atoms with Crippen LogP contribution in [-0.2, 0) is 6.54 Å². The molecular weight excluding hydrogens is 260 g/mol. The molecule has 1 aliphatic rings. The number of nitrogens with one attached hydrogen (secondary N) is 1. The van der Waals surface area contributed by atoms with Crippen LogP contribution in [0.3, 0.4) is 0 Å². The quantitative estimate of drug-likeness (QED) is 0.807. The van der Waals surface area contributed by atoms with E-state index in [4.69, 9.17) is 11.6 Å². The first-order valence-electron chi connectivity index (χ1n) is 7.13. The zero-order chi connectivity index (χ0) is 13.7. The Morgan fingerprint density at radius 2 is 2.21 bits per heavy atom. The Hall–Kier alpha value is -0.770. The highest BCUT2D eigenvalue weighted by Crippen LogP contribution is 2.34. The first kappa shape index (κ1) is 14.6. The molecule has 0 amide bonds. The fourth-order valence-corrected chi connectivity index (χ4v) is 2.78. The van der Waals surface area contributed by atoms with Crippen LogP contribution in [0.5, 0.6) is 0 Å². The first-order chi connectivity index (χ1) is 9.26. The van der Waals surface area contributed by atoms with Gasteiger partial charge >= 0.3 is 0 Å². The van der Waals surface area contributed by atoms with E-state index in [0.29, 0.717) is 12.6 Å². The van der Waals surface area contributed by atoms with Crippen molar-refractivity contribution in [2.24, 2.45) is 0 Å². The van der Waals surface area contributed by atoms with Crippen molar-refractivity contribution in [3.8, 4) is 0 Å². The molecule has 0 saturated heterocycles. The van der Waals surface area contributed by atoms with Crippen LogP contribution in [0.4, 0.5) is 5.69 Å². The maximum absolute atomic E-state index is 9.23. The van der Waals surface area contributed by atoms with E-state index >= 15 is 0 Å². The van der Waals surface area contributed by atoms with Crippen LogP contribution in [0, 0.1) is 0 Å². The van der Waals surface area contributed by atoms with Gasteiger partial charge in [-0.05, 0) is 43.5 Å². The third-order valence-corrected chi connectivity index (χ3v) is 4.06. The van der Waals surface area contributed by atoms with Gasteiger partial charge in [0.25, 0.3) is 0 Å². The normalized spacial score (nSPS) is 15.3. The lowest BCUT2D eigenvalue weighted by atomic mass is 9.91. The van der Waals surface area contributed by atoms with Gasteiger partial charge in [-0.2, -0.15) is 0 Å². The molecular formula is C15H23ClN2O. The van der Waals surface area contributed by atoms with Crippen molar-refractivity contribution >= 4 is 17.3 Å². The van der Waals surface area contributed by atoms with Gasteiger partial charge in [-0.3, -0.25) is 0 Å². The Kier molecular flexibility index (Phi) is 5.49. The molecule has 1 saturated carbocycles. The predicted molar refractivity (Wildman–Crippen MR) is 80.9 cm³/mol. The summed E-state index contributed by atoms with van der Waals surface area (Å²) in [6, 6.07) is 6.78. The topological polar surface area (TPSA) is 35.5 Å². The summed E-state index contributed by atoms with van der Waals surface area (Å²) in [6.45, 7) is 4.73. The number of nitrogens with zero attached hydrogens (tertiary/aromatic N) is 1. The average Bonchev–Trinajstić information content (AvgIpc) is 2.34. The third-order valence-electron chi connectivity index (χ3n) is 3.76. The summed E-state index contributed by atoms with van der Waals surface area (Å²) >= 11 is 6.41. The van der Waals surface area contributed by atoms with Gasteiger partial charge in [0.05, 0.1) is 17.3 Å². The molecule has 19 heavy (non-hydrogen) atoms. The highest BCUT2D eigenvalue weighted by Gasteiger charge is 2.26. The SMILES string of the molecule is CCNCc1ccc(N(CCO)C2CCC2)c(Cl)c1. The molecule has 0 unspecified atom stereocenters. The van der Waals surface area contributed by atoms with Gasteiger partial charge in [-0.25, -0.2) is 0 Å². The summed E-state index contributed by atoms with van der Waals surface area (Å²) in [5.41, 5.74) is 2.26. The molecule has 4 heteroatoms. The standard InChI is InChI=1S/C15H23ClN2O/c1-2-17-11-12-6-7-15(14(16)10-12)18(8-9-19)13-4-3-5-13/h6-7,10,13,17,19H,2-5,8-9,11H2,1H3. The molecule has 1 aromatic carbocycles. The smallest absolute Gasteiger partial charge is 0.0642 e. The van der Waals surface area contributed by atoms with Gasteiger partial charge in [-0.15, -0.1) is 0 Å². The van der Waals surface area contributed by atoms with Gasteiger partial charge in [0, 0.05) is 19.1 Å². The Labute approximate surface area is 120 Å². The summed E-state index contributed by atoms with van der Waals surface area (Å²) < 4.78 is 0. The van der Waals surface area contributed by atoms with E-state index in [2.05, 4.69) is 29.3 Å². The molecule has 2 N–H and O–H groups in total. The van der Waals surface area contributed by atoms with Gasteiger partial charge in [0.1, 0.15) is 0 Å². The number of aliphatic hydroxyl groups excluding tert-OH is 1. The zero-order valence-corrected chi connectivity index (χ0v) is 12.3. The van der Waals surface area contributed by atoms with Crippen LogP contribution in [0.15, 0.2) is 18.2 Å². The lowest BCUT2D eigenvalue weighted by molar-refractivity contribution is 0.283. The average molecular weight is 283 g/mol. The second kappa shape index (κ2) is 7.13. The number of rotatable bonds is 7. The summed E-state index contributed by atoms with van der Waals surface area (Å²) in [4.78, 5) is 2.25. The summed E-state index contributed by atoms with van der Waals surface area (Å²) in [5.74, 6) is 0. The number of hydrogen-bond acceptors (Lipinski definition) is 3. The molecule has 0 radical (unpaired) electrons. The van der Waals surface area contributed by atoms with Crippen molar-refractivity contribution in [2.75, 3.05) is 24.6 Å². The fraction of sp³-hybridized carbons (Fsp3) is 0.600. The van der Waals surface area contributed by atoms with Gasteiger partial charge in [-0.1, -0.05) is 24.6 Å². The van der Waals surface area contributed by atoms with Gasteiger partial charge < -0.3 is 15.3 Å². The molecule has 0 heterocycles. The van der Waals surface area contributed by atoms with Crippen molar-refractivity contribution < 1.29 is 5.11 Å². The van der Waals surface area contributed by atoms with Gasteiger partial charge in [0.2, 0.25) is 0 Å². The lowest BCUT2D eigenvalue weighted by Gasteiger charge is -2.39. The van der Waals surface area contributed by atoms with Crippen LogP contribution in [-0.4, -0.2) is 30.8 Å². The molecule has 1 aliphatic carbocycles. The summed E-state index contributed by atoms with van der Waals surface area (Å²) in [5, 5.41) is 13.3. The number of halogens is 1. The molecule has 0 atom stereocenters. The number of benzene rings is 1. The van der Waals surface area contributed by atoms with Crippen LogP contribution < -0.4 is 10.2 Å². The van der Waals surface area contributed by atoms with E-state index in [9.17, 15) is 5.11 Å². The minimum atomic E-state index is 0.173. The monoisotopic (exact) mass is 282 g/mol. The Bertz CT molecular complexity index is 407. The van der Waals surface area contributed by atoms with Crippen molar-refractivity contribution in [1.82, 2.24) is 5.32 Å². The maximum atomic E-state index is 9.23. The number of hydrogen-bond donors (Lipinski definition) is 2. The van der Waals surface area contributed by atoms with E-state index in [-0.39, 0.29) is 6.61 Å². The minimum absolute atomic E-state index is 0.173. The second-order valence-corrected chi connectivity index (χ2v) is 5.48. The molecule has 0 aromatic heterocycles. The van der Waals surface area contributed by atoms with Crippen LogP contribution >= 0.6 is 11.6 Å². The van der Waals surface area contributed by atoms with Crippen molar-refractivity contribution in [3.05, 3.63) is 28.8 Å². The Morgan fingerprint density at radius 3 is 2.74 bits per heavy atom. The molecule has 2 rings (SSSR count). The van der Waals surface area contributed by atoms with E-state index < -0.39 is 0 Å². The van der Waals surface area contributed by atoms with E-state index in [1.165, 1.54) is 24.8 Å². The summed E-state index contributed by atoms with van der Waals surface area (Å²) in [6.07, 6.45) is 3.69. The van der Waals surface area contributed by atoms with Gasteiger partial charge in [0.15, 0.2) is 0 Å². The van der Waals surface area contributed by atoms with Crippen molar-refractivity contribution in [1.29, 1.82) is 0 Å². The lowest BCUT2D eigenvalue weighted by Crippen LogP contribution is -2.42. The highest BCUT2D eigenvalue weighted by molar-refractivity contribution is 6.33. The largest absolute Gasteiger partial charge is 0.395 e. The van der Waals surface area contributed by atoms with E-state index in [0.717, 1.165) is 23.8 Å². The molecule has 1 fully saturated rings. The van der Waals surface area contributed by atoms with Crippen LogP contribution in [0.25, 0.3) is 0 Å². The summed E-state index contributed by atoms with van der Waals surface area (Å²) in [7, 11) is 0. The Balaban J connectivity index is 2.12. The Morgan fingerprint density at radius 1 is 1.42 bits per heavy atom. The predicted octanol–water partition coefficient (Wildman–Crippen LogP) is 2.80. The number of anilines is 1.